The number of aromatic nitrogens is 1. The van der Waals surface area contributed by atoms with Crippen LogP contribution in [0.2, 0.25) is 5.15 Å². The Morgan fingerprint density at radius 3 is 2.86 bits per heavy atom. The number of pyridine rings is 1. The summed E-state index contributed by atoms with van der Waals surface area (Å²) in [5.74, 6) is 0.465. The van der Waals surface area contributed by atoms with Crippen LogP contribution in [0.4, 0.5) is 5.82 Å². The van der Waals surface area contributed by atoms with Crippen LogP contribution in [0.3, 0.4) is 0 Å². The van der Waals surface area contributed by atoms with Crippen molar-refractivity contribution in [1.82, 2.24) is 10.3 Å². The lowest BCUT2D eigenvalue weighted by atomic mass is 10.2. The number of nitrogens with one attached hydrogen (secondary N) is 1. The van der Waals surface area contributed by atoms with Crippen LogP contribution >= 0.6 is 11.6 Å². The number of hydrogen-bond acceptors (Lipinski definition) is 5. The Morgan fingerprint density at radius 1 is 1.50 bits per heavy atom. The minimum atomic E-state index is -0.338. The van der Waals surface area contributed by atoms with E-state index in [0.717, 1.165) is 31.7 Å². The zero-order chi connectivity index (χ0) is 15.9. The molecular weight excluding hydrogens is 306 g/mol. The minimum Gasteiger partial charge on any atom is -0.394 e. The smallest absolute Gasteiger partial charge is 0.251 e. The number of ether oxygens (including phenoxy) is 1. The molecule has 6 nitrogen and oxygen atoms in total. The van der Waals surface area contributed by atoms with Crippen LogP contribution in [0, 0.1) is 0 Å². The van der Waals surface area contributed by atoms with Crippen molar-refractivity contribution in [3.8, 4) is 0 Å². The van der Waals surface area contributed by atoms with Gasteiger partial charge in [0.05, 0.1) is 12.6 Å². The molecule has 2 N–H and O–H groups in total. The molecule has 0 saturated carbocycles. The van der Waals surface area contributed by atoms with Gasteiger partial charge in [-0.1, -0.05) is 11.6 Å². The van der Waals surface area contributed by atoms with Crippen molar-refractivity contribution in [1.29, 1.82) is 0 Å². The van der Waals surface area contributed by atoms with Crippen LogP contribution in [0.25, 0.3) is 0 Å². The molecule has 0 bridgehead atoms. The molecule has 7 heteroatoms. The summed E-state index contributed by atoms with van der Waals surface area (Å²) in [4.78, 5) is 18.7. The van der Waals surface area contributed by atoms with E-state index in [1.165, 1.54) is 0 Å². The first-order valence-electron chi connectivity index (χ1n) is 7.47. The molecule has 1 fully saturated rings. The second-order valence-electron chi connectivity index (χ2n) is 5.37. The van der Waals surface area contributed by atoms with E-state index < -0.39 is 0 Å². The predicted molar refractivity (Wildman–Crippen MR) is 85.5 cm³/mol. The fourth-order valence-corrected chi connectivity index (χ4v) is 2.66. The van der Waals surface area contributed by atoms with E-state index in [-0.39, 0.29) is 18.6 Å². The van der Waals surface area contributed by atoms with Crippen molar-refractivity contribution in [3.63, 3.8) is 0 Å². The molecule has 1 unspecified atom stereocenters. The molecule has 1 aliphatic heterocycles. The van der Waals surface area contributed by atoms with Gasteiger partial charge in [0.15, 0.2) is 0 Å². The highest BCUT2D eigenvalue weighted by molar-refractivity contribution is 6.29. The SMILES string of the molecule is COCCC(CO)NC(=O)c1cc(Cl)nc(N2CCCC2)c1. The van der Waals surface area contributed by atoms with E-state index in [0.29, 0.717) is 23.7 Å². The normalized spacial score (nSPS) is 15.9. The zero-order valence-electron chi connectivity index (χ0n) is 12.7. The molecule has 0 aromatic carbocycles. The monoisotopic (exact) mass is 327 g/mol. The lowest BCUT2D eigenvalue weighted by Gasteiger charge is -2.19. The summed E-state index contributed by atoms with van der Waals surface area (Å²) >= 11 is 6.04. The van der Waals surface area contributed by atoms with Gasteiger partial charge < -0.3 is 20.1 Å². The number of nitrogens with zero attached hydrogens (tertiary/aromatic N) is 2. The summed E-state index contributed by atoms with van der Waals surface area (Å²) in [5.41, 5.74) is 0.456. The Labute approximate surface area is 135 Å². The maximum absolute atomic E-state index is 12.3. The number of aliphatic hydroxyl groups excluding tert-OH is 1. The average molecular weight is 328 g/mol. The first kappa shape index (κ1) is 17.0. The van der Waals surface area contributed by atoms with Gasteiger partial charge in [0.25, 0.3) is 5.91 Å². The standard InChI is InChI=1S/C15H22ClN3O3/c1-22-7-4-12(10-20)17-15(21)11-8-13(16)18-14(9-11)19-5-2-3-6-19/h8-9,12,20H,2-7,10H2,1H3,(H,17,21). The van der Waals surface area contributed by atoms with Gasteiger partial charge >= 0.3 is 0 Å². The maximum Gasteiger partial charge on any atom is 0.251 e. The summed E-state index contributed by atoms with van der Waals surface area (Å²) in [7, 11) is 1.58. The van der Waals surface area contributed by atoms with Gasteiger partial charge in [0.1, 0.15) is 11.0 Å². The van der Waals surface area contributed by atoms with Crippen LogP contribution < -0.4 is 10.2 Å². The van der Waals surface area contributed by atoms with Gasteiger partial charge in [-0.25, -0.2) is 4.98 Å². The number of aliphatic hydroxyl groups is 1. The van der Waals surface area contributed by atoms with Gasteiger partial charge in [-0.15, -0.1) is 0 Å². The van der Waals surface area contributed by atoms with E-state index >= 15 is 0 Å². The number of rotatable bonds is 7. The molecule has 22 heavy (non-hydrogen) atoms. The number of anilines is 1. The topological polar surface area (TPSA) is 74.7 Å². The molecule has 1 aromatic rings. The Bertz CT molecular complexity index is 507. The summed E-state index contributed by atoms with van der Waals surface area (Å²) in [6.07, 6.45) is 2.80. The van der Waals surface area contributed by atoms with E-state index in [2.05, 4.69) is 15.2 Å². The number of methoxy groups -OCH3 is 1. The van der Waals surface area contributed by atoms with E-state index in [4.69, 9.17) is 16.3 Å². The molecule has 2 heterocycles. The third-order valence-electron chi connectivity index (χ3n) is 3.70. The molecule has 0 radical (unpaired) electrons. The van der Waals surface area contributed by atoms with Crippen molar-refractivity contribution in [2.75, 3.05) is 38.3 Å². The number of carbonyl (C=O) groups is 1. The van der Waals surface area contributed by atoms with Crippen LogP contribution in [-0.4, -0.2) is 55.5 Å². The second kappa shape index (κ2) is 8.31. The quantitative estimate of drug-likeness (QED) is 0.742. The average Bonchev–Trinajstić information content (AvgIpc) is 3.05. The highest BCUT2D eigenvalue weighted by Crippen LogP contribution is 2.22. The Hall–Kier alpha value is -1.37. The van der Waals surface area contributed by atoms with Gasteiger partial charge in [-0.3, -0.25) is 4.79 Å². The number of amides is 1. The first-order chi connectivity index (χ1) is 10.6. The Morgan fingerprint density at radius 2 is 2.23 bits per heavy atom. The largest absolute Gasteiger partial charge is 0.394 e. The molecule has 1 saturated heterocycles. The zero-order valence-corrected chi connectivity index (χ0v) is 13.5. The molecule has 0 aliphatic carbocycles. The number of hydrogen-bond donors (Lipinski definition) is 2. The first-order valence-corrected chi connectivity index (χ1v) is 7.85. The summed E-state index contributed by atoms with van der Waals surface area (Å²) in [5, 5.41) is 12.4. The lowest BCUT2D eigenvalue weighted by molar-refractivity contribution is 0.0894. The van der Waals surface area contributed by atoms with Crippen molar-refractivity contribution in [3.05, 3.63) is 22.8 Å². The van der Waals surface area contributed by atoms with Crippen LogP contribution in [0.15, 0.2) is 12.1 Å². The van der Waals surface area contributed by atoms with E-state index in [1.54, 1.807) is 19.2 Å². The third kappa shape index (κ3) is 4.56. The number of halogens is 1. The molecule has 122 valence electrons. The molecule has 2 rings (SSSR count). The van der Waals surface area contributed by atoms with Crippen molar-refractivity contribution < 1.29 is 14.6 Å². The molecular formula is C15H22ClN3O3. The molecule has 1 aromatic heterocycles. The molecule has 1 amide bonds. The molecule has 1 aliphatic rings. The van der Waals surface area contributed by atoms with Gasteiger partial charge in [0.2, 0.25) is 0 Å². The summed E-state index contributed by atoms with van der Waals surface area (Å²) < 4.78 is 4.97. The number of carbonyl (C=O) groups excluding carboxylic acids is 1. The maximum atomic E-state index is 12.3. The van der Waals surface area contributed by atoms with Crippen LogP contribution in [0.5, 0.6) is 0 Å². The predicted octanol–water partition coefficient (Wildman–Crippen LogP) is 1.46. The summed E-state index contributed by atoms with van der Waals surface area (Å²) in [6, 6.07) is 2.95. The third-order valence-corrected chi connectivity index (χ3v) is 3.89. The minimum absolute atomic E-state index is 0.132. The second-order valence-corrected chi connectivity index (χ2v) is 5.75. The van der Waals surface area contributed by atoms with Crippen LogP contribution in [-0.2, 0) is 4.74 Å². The highest BCUT2D eigenvalue weighted by atomic mass is 35.5. The molecule has 0 spiro atoms. The van der Waals surface area contributed by atoms with Crippen molar-refractivity contribution in [2.24, 2.45) is 0 Å². The van der Waals surface area contributed by atoms with Gasteiger partial charge in [-0.2, -0.15) is 0 Å². The Kier molecular flexibility index (Phi) is 6.42. The van der Waals surface area contributed by atoms with Gasteiger partial charge in [0, 0.05) is 32.4 Å². The fourth-order valence-electron chi connectivity index (χ4n) is 2.46. The van der Waals surface area contributed by atoms with Gasteiger partial charge in [-0.05, 0) is 31.4 Å². The Balaban J connectivity index is 2.08. The van der Waals surface area contributed by atoms with Crippen molar-refractivity contribution >= 4 is 23.3 Å². The van der Waals surface area contributed by atoms with Crippen molar-refractivity contribution in [2.45, 2.75) is 25.3 Å². The highest BCUT2D eigenvalue weighted by Gasteiger charge is 2.18. The van der Waals surface area contributed by atoms with E-state index in [1.807, 2.05) is 0 Å². The fraction of sp³-hybridized carbons (Fsp3) is 0.600. The lowest BCUT2D eigenvalue weighted by Crippen LogP contribution is -2.38. The molecule has 1 atom stereocenters. The van der Waals surface area contributed by atoms with Crippen LogP contribution in [0.1, 0.15) is 29.6 Å². The summed E-state index contributed by atoms with van der Waals surface area (Å²) in [6.45, 7) is 2.21. The van der Waals surface area contributed by atoms with E-state index in [9.17, 15) is 9.90 Å².